The van der Waals surface area contributed by atoms with Crippen LogP contribution >= 0.6 is 11.8 Å². The minimum absolute atomic E-state index is 0.267. The lowest BCUT2D eigenvalue weighted by atomic mass is 9.85. The molecule has 2 aliphatic heterocycles. The lowest BCUT2D eigenvalue weighted by Crippen LogP contribution is -2.78. The number of nitrogens with zero attached hydrogens (tertiary/aromatic N) is 1. The van der Waals surface area contributed by atoms with Gasteiger partial charge < -0.3 is 15.3 Å². The first-order valence-electron chi connectivity index (χ1n) is 9.25. The van der Waals surface area contributed by atoms with Crippen LogP contribution in [0.15, 0.2) is 18.2 Å². The molecule has 3 atom stereocenters. The first-order valence-corrected chi connectivity index (χ1v) is 10.1. The van der Waals surface area contributed by atoms with Gasteiger partial charge in [0.1, 0.15) is 17.0 Å². The van der Waals surface area contributed by atoms with Gasteiger partial charge in [0.15, 0.2) is 0 Å². The minimum atomic E-state index is -1.10. The number of carbonyl (C=O) groups is 3. The SMILES string of the molecule is CCc1cccc(CC)c1C(=O)NC1(C)C(=O)N2[C@@H](C(=O)O)C(C)(C)S[C@@H]21. The Kier molecular flexibility index (Phi) is 4.78. The van der Waals surface area contributed by atoms with E-state index in [1.54, 1.807) is 6.92 Å². The van der Waals surface area contributed by atoms with Gasteiger partial charge >= 0.3 is 5.97 Å². The molecule has 27 heavy (non-hydrogen) atoms. The molecule has 0 aliphatic carbocycles. The van der Waals surface area contributed by atoms with Gasteiger partial charge in [-0.05, 0) is 44.7 Å². The number of rotatable bonds is 5. The van der Waals surface area contributed by atoms with Crippen molar-refractivity contribution in [2.24, 2.45) is 0 Å². The van der Waals surface area contributed by atoms with Crippen molar-refractivity contribution in [1.29, 1.82) is 0 Å². The number of hydrogen-bond acceptors (Lipinski definition) is 4. The number of β-lactam (4-membered cyclic amide) rings is 1. The van der Waals surface area contributed by atoms with E-state index in [1.807, 2.05) is 45.9 Å². The van der Waals surface area contributed by atoms with Crippen LogP contribution in [-0.2, 0) is 22.4 Å². The third-order valence-corrected chi connectivity index (χ3v) is 7.36. The number of benzene rings is 1. The quantitative estimate of drug-likeness (QED) is 0.754. The topological polar surface area (TPSA) is 86.7 Å². The number of amides is 2. The number of thioether (sulfide) groups is 1. The highest BCUT2D eigenvalue weighted by molar-refractivity contribution is 8.01. The highest BCUT2D eigenvalue weighted by atomic mass is 32.2. The maximum atomic E-state index is 13.1. The van der Waals surface area contributed by atoms with Crippen LogP contribution in [0.3, 0.4) is 0 Å². The van der Waals surface area contributed by atoms with Crippen molar-refractivity contribution in [1.82, 2.24) is 10.2 Å². The van der Waals surface area contributed by atoms with E-state index >= 15 is 0 Å². The molecule has 1 unspecified atom stereocenters. The lowest BCUT2D eigenvalue weighted by Gasteiger charge is -2.51. The molecule has 0 spiro atoms. The van der Waals surface area contributed by atoms with Gasteiger partial charge in [0.2, 0.25) is 0 Å². The van der Waals surface area contributed by atoms with Gasteiger partial charge in [0.25, 0.3) is 11.8 Å². The number of aryl methyl sites for hydroxylation is 2. The summed E-state index contributed by atoms with van der Waals surface area (Å²) in [5.74, 6) is -1.61. The molecule has 2 saturated heterocycles. The lowest BCUT2D eigenvalue weighted by molar-refractivity contribution is -0.165. The summed E-state index contributed by atoms with van der Waals surface area (Å²) < 4.78 is -0.620. The fourth-order valence-electron chi connectivity index (χ4n) is 4.17. The summed E-state index contributed by atoms with van der Waals surface area (Å²) in [6.07, 6.45) is 1.44. The molecule has 146 valence electrons. The molecule has 6 nitrogen and oxygen atoms in total. The molecule has 0 bridgehead atoms. The van der Waals surface area contributed by atoms with E-state index in [0.717, 1.165) is 24.0 Å². The predicted molar refractivity (Wildman–Crippen MR) is 105 cm³/mol. The smallest absolute Gasteiger partial charge is 0.327 e. The highest BCUT2D eigenvalue weighted by Crippen LogP contribution is 2.54. The van der Waals surface area contributed by atoms with Crippen LogP contribution in [0.5, 0.6) is 0 Å². The first-order chi connectivity index (χ1) is 12.6. The molecule has 1 aromatic rings. The first kappa shape index (κ1) is 19.7. The second-order valence-corrected chi connectivity index (χ2v) is 9.58. The van der Waals surface area contributed by atoms with Gasteiger partial charge in [-0.25, -0.2) is 4.79 Å². The Labute approximate surface area is 163 Å². The summed E-state index contributed by atoms with van der Waals surface area (Å²) in [6, 6.07) is 4.91. The highest BCUT2D eigenvalue weighted by Gasteiger charge is 2.70. The molecule has 2 heterocycles. The van der Waals surface area contributed by atoms with E-state index in [1.165, 1.54) is 16.7 Å². The zero-order chi connectivity index (χ0) is 20.1. The van der Waals surface area contributed by atoms with Crippen LogP contribution in [0, 0.1) is 0 Å². The number of hydrogen-bond donors (Lipinski definition) is 2. The number of nitrogens with one attached hydrogen (secondary N) is 1. The van der Waals surface area contributed by atoms with Crippen LogP contribution in [0.1, 0.15) is 56.1 Å². The second kappa shape index (κ2) is 6.55. The van der Waals surface area contributed by atoms with Crippen LogP contribution in [0.2, 0.25) is 0 Å². The average molecular weight is 391 g/mol. The predicted octanol–water partition coefficient (Wildman–Crippen LogP) is 2.45. The van der Waals surface area contributed by atoms with E-state index in [9.17, 15) is 19.5 Å². The summed E-state index contributed by atoms with van der Waals surface area (Å²) in [6.45, 7) is 9.34. The Morgan fingerprint density at radius 3 is 2.22 bits per heavy atom. The Hall–Kier alpha value is -2.02. The minimum Gasteiger partial charge on any atom is -0.480 e. The summed E-state index contributed by atoms with van der Waals surface area (Å²) in [5, 5.41) is 12.1. The summed E-state index contributed by atoms with van der Waals surface area (Å²) in [7, 11) is 0. The van der Waals surface area contributed by atoms with Crippen molar-refractivity contribution in [3.05, 3.63) is 34.9 Å². The van der Waals surface area contributed by atoms with Crippen molar-refractivity contribution in [3.8, 4) is 0 Å². The van der Waals surface area contributed by atoms with Gasteiger partial charge in [-0.15, -0.1) is 11.8 Å². The summed E-state index contributed by atoms with van der Waals surface area (Å²) in [4.78, 5) is 39.1. The zero-order valence-corrected chi connectivity index (χ0v) is 17.1. The van der Waals surface area contributed by atoms with Crippen LogP contribution in [0.4, 0.5) is 0 Å². The number of carboxylic acid groups (broad SMARTS) is 1. The van der Waals surface area contributed by atoms with Gasteiger partial charge in [-0.2, -0.15) is 0 Å². The van der Waals surface area contributed by atoms with Gasteiger partial charge in [-0.3, -0.25) is 9.59 Å². The maximum absolute atomic E-state index is 13.1. The number of fused-ring (bicyclic) bond motifs is 1. The normalized spacial score (nSPS) is 28.5. The fraction of sp³-hybridized carbons (Fsp3) is 0.550. The molecule has 2 N–H and O–H groups in total. The van der Waals surface area contributed by atoms with E-state index in [4.69, 9.17) is 0 Å². The monoisotopic (exact) mass is 390 g/mol. The van der Waals surface area contributed by atoms with Crippen molar-refractivity contribution in [3.63, 3.8) is 0 Å². The van der Waals surface area contributed by atoms with E-state index < -0.39 is 22.3 Å². The molecule has 0 saturated carbocycles. The molecule has 2 fully saturated rings. The summed E-state index contributed by atoms with van der Waals surface area (Å²) >= 11 is 1.43. The third kappa shape index (κ3) is 2.83. The number of carboxylic acids is 1. The average Bonchev–Trinajstić information content (AvgIpc) is 2.90. The van der Waals surface area contributed by atoms with Gasteiger partial charge in [-0.1, -0.05) is 32.0 Å². The van der Waals surface area contributed by atoms with E-state index in [-0.39, 0.29) is 17.2 Å². The third-order valence-electron chi connectivity index (χ3n) is 5.61. The van der Waals surface area contributed by atoms with E-state index in [0.29, 0.717) is 5.56 Å². The van der Waals surface area contributed by atoms with Crippen molar-refractivity contribution < 1.29 is 19.5 Å². The molecule has 2 aliphatic rings. The summed E-state index contributed by atoms with van der Waals surface area (Å²) in [5.41, 5.74) is 1.42. The Bertz CT molecular complexity index is 800. The zero-order valence-electron chi connectivity index (χ0n) is 16.3. The number of aliphatic carboxylic acids is 1. The fourth-order valence-corrected chi connectivity index (χ4v) is 5.82. The molecular weight excluding hydrogens is 364 g/mol. The Balaban J connectivity index is 1.91. The molecule has 2 amide bonds. The standard InChI is InChI=1S/C20H26N2O4S/c1-6-11-9-8-10-12(7-2)13(11)15(23)21-20(5)17(26)22-14(16(24)25)19(3,4)27-18(20)22/h8-10,14,18H,6-7H2,1-5H3,(H,21,23)(H,24,25)/t14-,18+,20?/m0/s1. The maximum Gasteiger partial charge on any atom is 0.327 e. The van der Waals surface area contributed by atoms with Gasteiger partial charge in [0, 0.05) is 10.3 Å². The van der Waals surface area contributed by atoms with Crippen LogP contribution < -0.4 is 5.32 Å². The van der Waals surface area contributed by atoms with Crippen LogP contribution in [-0.4, -0.2) is 49.5 Å². The molecule has 1 aromatic carbocycles. The molecule has 0 radical (unpaired) electrons. The van der Waals surface area contributed by atoms with Crippen LogP contribution in [0.25, 0.3) is 0 Å². The van der Waals surface area contributed by atoms with Crippen molar-refractivity contribution in [2.45, 2.75) is 69.2 Å². The molecule has 0 aromatic heterocycles. The molecule has 7 heteroatoms. The van der Waals surface area contributed by atoms with Crippen molar-refractivity contribution in [2.75, 3.05) is 0 Å². The molecular formula is C20H26N2O4S. The van der Waals surface area contributed by atoms with Crippen molar-refractivity contribution >= 4 is 29.5 Å². The van der Waals surface area contributed by atoms with Gasteiger partial charge in [0.05, 0.1) is 0 Å². The Morgan fingerprint density at radius 2 is 1.74 bits per heavy atom. The number of carbonyl (C=O) groups excluding carboxylic acids is 2. The van der Waals surface area contributed by atoms with E-state index in [2.05, 4.69) is 5.32 Å². The second-order valence-electron chi connectivity index (χ2n) is 7.84. The Morgan fingerprint density at radius 1 is 1.19 bits per heavy atom. The molecule has 3 rings (SSSR count). The largest absolute Gasteiger partial charge is 0.480 e.